The van der Waals surface area contributed by atoms with Gasteiger partial charge in [0.15, 0.2) is 4.77 Å². The van der Waals surface area contributed by atoms with Crippen LogP contribution in [-0.2, 0) is 5.75 Å². The molecule has 0 saturated carbocycles. The third kappa shape index (κ3) is 5.63. The second-order valence-corrected chi connectivity index (χ2v) is 7.79. The zero-order valence-electron chi connectivity index (χ0n) is 10.6. The zero-order chi connectivity index (χ0) is 14.4. The number of thioether (sulfide) groups is 1. The molecule has 0 spiro atoms. The quantitative estimate of drug-likeness (QED) is 0.477. The number of hydrogen-bond acceptors (Lipinski definition) is 3. The molecule has 0 amide bonds. The number of imidazole rings is 1. The summed E-state index contributed by atoms with van der Waals surface area (Å²) in [5.74, 6) is 2.77. The maximum atomic E-state index is 5.72. The van der Waals surface area contributed by atoms with Crippen LogP contribution in [0.3, 0.4) is 0 Å². The predicted octanol–water partition coefficient (Wildman–Crippen LogP) is 4.91. The highest BCUT2D eigenvalue weighted by atomic mass is 79.9. The molecule has 2 aromatic rings. The molecule has 0 radical (unpaired) electrons. The molecule has 1 aromatic carbocycles. The van der Waals surface area contributed by atoms with Crippen LogP contribution >= 0.6 is 55.8 Å². The van der Waals surface area contributed by atoms with E-state index in [1.54, 1.807) is 0 Å². The highest BCUT2D eigenvalue weighted by Crippen LogP contribution is 2.19. The van der Waals surface area contributed by atoms with E-state index >= 15 is 0 Å². The van der Waals surface area contributed by atoms with Gasteiger partial charge in [0.1, 0.15) is 12.4 Å². The Bertz CT molecular complexity index is 583. The first-order valence-corrected chi connectivity index (χ1v) is 9.27. The Hall–Kier alpha value is -0.240. The molecular formula is C13H14Br2N2OS2. The van der Waals surface area contributed by atoms with Gasteiger partial charge in [0.05, 0.1) is 4.83 Å². The number of halogens is 2. The molecule has 2 rings (SSSR count). The first-order chi connectivity index (χ1) is 9.63. The summed E-state index contributed by atoms with van der Waals surface area (Å²) >= 11 is 13.9. The van der Waals surface area contributed by atoms with E-state index in [9.17, 15) is 0 Å². The molecule has 0 aliphatic heterocycles. The first kappa shape index (κ1) is 16.1. The summed E-state index contributed by atoms with van der Waals surface area (Å²) in [7, 11) is 0. The molecule has 20 heavy (non-hydrogen) atoms. The maximum absolute atomic E-state index is 5.72. The lowest BCUT2D eigenvalue weighted by Crippen LogP contribution is -2.13. The third-order valence-electron chi connectivity index (χ3n) is 2.45. The Morgan fingerprint density at radius 1 is 1.30 bits per heavy atom. The van der Waals surface area contributed by atoms with Crippen molar-refractivity contribution >= 4 is 55.8 Å². The van der Waals surface area contributed by atoms with Gasteiger partial charge < -0.3 is 14.7 Å². The first-order valence-electron chi connectivity index (χ1n) is 6.00. The van der Waals surface area contributed by atoms with E-state index in [1.165, 1.54) is 0 Å². The van der Waals surface area contributed by atoms with E-state index in [2.05, 4.69) is 41.8 Å². The predicted molar refractivity (Wildman–Crippen MR) is 94.5 cm³/mol. The number of ether oxygens (including phenoxy) is 1. The molecule has 1 unspecified atom stereocenters. The van der Waals surface area contributed by atoms with Crippen molar-refractivity contribution < 1.29 is 4.74 Å². The largest absolute Gasteiger partial charge is 0.492 e. The summed E-state index contributed by atoms with van der Waals surface area (Å²) in [4.78, 5) is 6.38. The molecule has 1 heterocycles. The van der Waals surface area contributed by atoms with E-state index in [0.29, 0.717) is 16.2 Å². The van der Waals surface area contributed by atoms with Crippen LogP contribution < -0.4 is 4.74 Å². The number of H-pyrrole nitrogens is 2. The molecule has 0 aliphatic carbocycles. The molecule has 108 valence electrons. The summed E-state index contributed by atoms with van der Waals surface area (Å²) < 4.78 is 7.45. The van der Waals surface area contributed by atoms with Gasteiger partial charge in [-0.3, -0.25) is 0 Å². The lowest BCUT2D eigenvalue weighted by molar-refractivity contribution is 0.325. The van der Waals surface area contributed by atoms with Crippen LogP contribution in [0.1, 0.15) is 5.69 Å². The van der Waals surface area contributed by atoms with Crippen molar-refractivity contribution in [3.8, 4) is 5.75 Å². The van der Waals surface area contributed by atoms with Crippen LogP contribution in [0.25, 0.3) is 0 Å². The van der Waals surface area contributed by atoms with Crippen molar-refractivity contribution in [1.29, 1.82) is 0 Å². The lowest BCUT2D eigenvalue weighted by atomic mass is 10.3. The van der Waals surface area contributed by atoms with Crippen LogP contribution in [-0.4, -0.2) is 27.2 Å². The molecule has 1 aromatic heterocycles. The van der Waals surface area contributed by atoms with Gasteiger partial charge in [0.2, 0.25) is 0 Å². The topological polar surface area (TPSA) is 40.8 Å². The van der Waals surface area contributed by atoms with Gasteiger partial charge in [-0.1, -0.05) is 31.9 Å². The molecule has 0 aliphatic rings. The van der Waals surface area contributed by atoms with Crippen molar-refractivity contribution in [3.63, 3.8) is 0 Å². The van der Waals surface area contributed by atoms with E-state index in [0.717, 1.165) is 27.4 Å². The van der Waals surface area contributed by atoms with E-state index in [4.69, 9.17) is 17.0 Å². The van der Waals surface area contributed by atoms with Gasteiger partial charge in [-0.05, 0) is 36.5 Å². The fraction of sp³-hybridized carbons (Fsp3) is 0.308. The normalized spacial score (nSPS) is 12.3. The van der Waals surface area contributed by atoms with E-state index in [-0.39, 0.29) is 0 Å². The van der Waals surface area contributed by atoms with Crippen molar-refractivity contribution in [1.82, 2.24) is 9.97 Å². The number of rotatable bonds is 7. The Balaban J connectivity index is 1.66. The van der Waals surface area contributed by atoms with Crippen molar-refractivity contribution in [2.75, 3.05) is 12.4 Å². The summed E-state index contributed by atoms with van der Waals surface area (Å²) in [5, 5.41) is 0. The van der Waals surface area contributed by atoms with Crippen LogP contribution in [0.15, 0.2) is 34.9 Å². The van der Waals surface area contributed by atoms with Crippen molar-refractivity contribution in [3.05, 3.63) is 45.4 Å². The molecule has 2 N–H and O–H groups in total. The fourth-order valence-electron chi connectivity index (χ4n) is 1.51. The average Bonchev–Trinajstić information content (AvgIpc) is 2.84. The van der Waals surface area contributed by atoms with Gasteiger partial charge >= 0.3 is 0 Å². The van der Waals surface area contributed by atoms with E-state index < -0.39 is 0 Å². The van der Waals surface area contributed by atoms with Gasteiger partial charge in [0, 0.05) is 27.9 Å². The minimum atomic E-state index is 0.318. The summed E-state index contributed by atoms with van der Waals surface area (Å²) in [5.41, 5.74) is 1.12. The molecular weight excluding hydrogens is 424 g/mol. The molecule has 0 fully saturated rings. The second-order valence-electron chi connectivity index (χ2n) is 4.15. The molecule has 0 saturated heterocycles. The zero-order valence-corrected chi connectivity index (χ0v) is 15.4. The fourth-order valence-corrected chi connectivity index (χ4v) is 3.50. The highest BCUT2D eigenvalue weighted by molar-refractivity contribution is 9.10. The Morgan fingerprint density at radius 2 is 2.05 bits per heavy atom. The Morgan fingerprint density at radius 3 is 2.70 bits per heavy atom. The maximum Gasteiger partial charge on any atom is 0.174 e. The minimum Gasteiger partial charge on any atom is -0.492 e. The monoisotopic (exact) mass is 436 g/mol. The number of benzene rings is 1. The number of nitrogens with one attached hydrogen (secondary N) is 2. The minimum absolute atomic E-state index is 0.318. The molecule has 7 heteroatoms. The highest BCUT2D eigenvalue weighted by Gasteiger charge is 2.06. The van der Waals surface area contributed by atoms with Crippen LogP contribution in [0.2, 0.25) is 0 Å². The average molecular weight is 438 g/mol. The lowest BCUT2D eigenvalue weighted by Gasteiger charge is -2.11. The summed E-state index contributed by atoms with van der Waals surface area (Å²) in [6.45, 7) is 0.651. The van der Waals surface area contributed by atoms with Crippen LogP contribution in [0.5, 0.6) is 5.75 Å². The van der Waals surface area contributed by atoms with Crippen molar-refractivity contribution in [2.24, 2.45) is 0 Å². The number of hydrogen-bond donors (Lipinski definition) is 2. The third-order valence-corrected chi connectivity index (χ3v) is 5.37. The second kappa shape index (κ2) is 8.26. The number of alkyl halides is 1. The van der Waals surface area contributed by atoms with Gasteiger partial charge in [-0.15, -0.1) is 0 Å². The van der Waals surface area contributed by atoms with Crippen LogP contribution in [0.4, 0.5) is 0 Å². The molecule has 1 atom stereocenters. The summed E-state index contributed by atoms with van der Waals surface area (Å²) in [6, 6.07) is 7.86. The van der Waals surface area contributed by atoms with Gasteiger partial charge in [-0.2, -0.15) is 11.8 Å². The number of aromatic amines is 2. The van der Waals surface area contributed by atoms with Crippen molar-refractivity contribution in [2.45, 2.75) is 10.6 Å². The number of aromatic nitrogens is 2. The van der Waals surface area contributed by atoms with E-state index in [1.807, 2.05) is 42.2 Å². The molecule has 3 nitrogen and oxygen atoms in total. The van der Waals surface area contributed by atoms with Crippen LogP contribution in [0, 0.1) is 4.77 Å². The summed E-state index contributed by atoms with van der Waals surface area (Å²) in [6.07, 6.45) is 1.91. The van der Waals surface area contributed by atoms with Gasteiger partial charge in [-0.25, -0.2) is 0 Å². The Kier molecular flexibility index (Phi) is 6.67. The van der Waals surface area contributed by atoms with Gasteiger partial charge in [0.25, 0.3) is 0 Å². The molecule has 0 bridgehead atoms. The SMILES string of the molecule is S=c1[nH]cc(CSCC(Br)COc2ccc(Br)cc2)[nH]1. The smallest absolute Gasteiger partial charge is 0.174 e. The Labute approximate surface area is 144 Å². The standard InChI is InChI=1S/C13H14Br2N2OS2/c14-9-1-3-12(4-2-9)18-6-10(15)7-20-8-11-5-16-13(19)17-11/h1-5,10H,6-8H2,(H2,16,17,19).